The lowest BCUT2D eigenvalue weighted by atomic mass is 10.0. The van der Waals surface area contributed by atoms with Gasteiger partial charge in [0.15, 0.2) is 0 Å². The first-order chi connectivity index (χ1) is 9.02. The molecule has 2 N–H and O–H groups in total. The first kappa shape index (κ1) is 14.3. The molecular weight excluding hydrogens is 253 g/mol. The molecule has 2 rings (SSSR count). The van der Waals surface area contributed by atoms with E-state index in [0.717, 1.165) is 0 Å². The number of nitrogens with zero attached hydrogens (tertiary/aromatic N) is 1. The molecule has 0 amide bonds. The Bertz CT molecular complexity index is 390. The highest BCUT2D eigenvalue weighted by molar-refractivity contribution is 5.28. The van der Waals surface area contributed by atoms with E-state index < -0.39 is 12.2 Å². The van der Waals surface area contributed by atoms with E-state index in [4.69, 9.17) is 5.73 Å². The van der Waals surface area contributed by atoms with Crippen LogP contribution in [0.5, 0.6) is 0 Å². The van der Waals surface area contributed by atoms with Gasteiger partial charge in [-0.25, -0.2) is 0 Å². The van der Waals surface area contributed by atoms with E-state index in [-0.39, 0.29) is 13.0 Å². The van der Waals surface area contributed by atoms with Crippen LogP contribution in [-0.2, 0) is 12.8 Å². The largest absolute Gasteiger partial charge is 0.404 e. The quantitative estimate of drug-likeness (QED) is 0.915. The minimum atomic E-state index is -4.20. The number of fused-ring (bicyclic) bond motifs is 1. The van der Waals surface area contributed by atoms with E-state index in [1.807, 2.05) is 24.3 Å². The second-order valence-corrected chi connectivity index (χ2v) is 4.94. The van der Waals surface area contributed by atoms with Crippen LogP contribution in [0.2, 0.25) is 0 Å². The van der Waals surface area contributed by atoms with Crippen molar-refractivity contribution in [1.82, 2.24) is 4.90 Å². The SMILES string of the molecule is NCCC(N1CCc2ccccc2CC1)C(F)(F)F. The maximum atomic E-state index is 13.1. The molecule has 1 unspecified atom stereocenters. The van der Waals surface area contributed by atoms with Crippen molar-refractivity contribution in [3.05, 3.63) is 35.4 Å². The van der Waals surface area contributed by atoms with E-state index in [2.05, 4.69) is 0 Å². The van der Waals surface area contributed by atoms with Crippen LogP contribution in [0.3, 0.4) is 0 Å². The smallest absolute Gasteiger partial charge is 0.330 e. The summed E-state index contributed by atoms with van der Waals surface area (Å²) >= 11 is 0. The second kappa shape index (κ2) is 5.92. The van der Waals surface area contributed by atoms with Gasteiger partial charge in [0.25, 0.3) is 0 Å². The zero-order chi connectivity index (χ0) is 13.9. The molecule has 0 bridgehead atoms. The molecule has 0 saturated carbocycles. The number of alkyl halides is 3. The standard InChI is InChI=1S/C14H19F3N2/c15-14(16,17)13(5-8-18)19-9-6-11-3-1-2-4-12(11)7-10-19/h1-4,13H,5-10,18H2. The monoisotopic (exact) mass is 272 g/mol. The number of hydrogen-bond donors (Lipinski definition) is 1. The summed E-state index contributed by atoms with van der Waals surface area (Å²) in [4.78, 5) is 1.53. The third kappa shape index (κ3) is 3.48. The van der Waals surface area contributed by atoms with Gasteiger partial charge >= 0.3 is 6.18 Å². The fraction of sp³-hybridized carbons (Fsp3) is 0.571. The molecule has 1 aliphatic rings. The Kier molecular flexibility index (Phi) is 4.47. The predicted molar refractivity (Wildman–Crippen MR) is 68.9 cm³/mol. The molecule has 1 aromatic rings. The lowest BCUT2D eigenvalue weighted by Crippen LogP contribution is -2.47. The summed E-state index contributed by atoms with van der Waals surface area (Å²) in [6.45, 7) is 0.954. The van der Waals surface area contributed by atoms with Crippen LogP contribution in [-0.4, -0.2) is 36.8 Å². The molecule has 0 saturated heterocycles. The van der Waals surface area contributed by atoms with Gasteiger partial charge in [0.05, 0.1) is 0 Å². The Labute approximate surface area is 111 Å². The van der Waals surface area contributed by atoms with Gasteiger partial charge in [-0.15, -0.1) is 0 Å². The lowest BCUT2D eigenvalue weighted by molar-refractivity contribution is -0.184. The number of rotatable bonds is 3. The third-order valence-corrected chi connectivity index (χ3v) is 3.71. The average molecular weight is 272 g/mol. The van der Waals surface area contributed by atoms with Crippen molar-refractivity contribution in [1.29, 1.82) is 0 Å². The van der Waals surface area contributed by atoms with E-state index in [1.165, 1.54) is 16.0 Å². The van der Waals surface area contributed by atoms with Crippen molar-refractivity contribution in [2.45, 2.75) is 31.5 Å². The maximum absolute atomic E-state index is 13.1. The van der Waals surface area contributed by atoms with Crippen molar-refractivity contribution in [2.24, 2.45) is 5.73 Å². The molecule has 0 spiro atoms. The Morgan fingerprint density at radius 1 is 1.11 bits per heavy atom. The molecule has 1 aliphatic heterocycles. The summed E-state index contributed by atoms with van der Waals surface area (Å²) in [5.41, 5.74) is 7.66. The molecule has 0 aliphatic carbocycles. The van der Waals surface area contributed by atoms with Crippen molar-refractivity contribution in [3.8, 4) is 0 Å². The van der Waals surface area contributed by atoms with Crippen LogP contribution in [0.4, 0.5) is 13.2 Å². The third-order valence-electron chi connectivity index (χ3n) is 3.71. The number of halogens is 3. The van der Waals surface area contributed by atoms with Gasteiger partial charge in [0.1, 0.15) is 6.04 Å². The summed E-state index contributed by atoms with van der Waals surface area (Å²) in [7, 11) is 0. The number of benzene rings is 1. The van der Waals surface area contributed by atoms with Crippen LogP contribution in [0.1, 0.15) is 17.5 Å². The van der Waals surface area contributed by atoms with Crippen molar-refractivity contribution in [3.63, 3.8) is 0 Å². The Morgan fingerprint density at radius 2 is 1.63 bits per heavy atom. The first-order valence-corrected chi connectivity index (χ1v) is 6.60. The van der Waals surface area contributed by atoms with E-state index in [9.17, 15) is 13.2 Å². The van der Waals surface area contributed by atoms with Gasteiger partial charge in [0, 0.05) is 13.1 Å². The summed E-state index contributed by atoms with van der Waals surface area (Å²) in [6.07, 6.45) is -2.88. The summed E-state index contributed by atoms with van der Waals surface area (Å²) in [5.74, 6) is 0. The number of hydrogen-bond acceptors (Lipinski definition) is 2. The van der Waals surface area contributed by atoms with Crippen molar-refractivity contribution in [2.75, 3.05) is 19.6 Å². The second-order valence-electron chi connectivity index (χ2n) is 4.94. The molecule has 5 heteroatoms. The molecule has 0 fully saturated rings. The molecule has 2 nitrogen and oxygen atoms in total. The number of nitrogens with two attached hydrogens (primary N) is 1. The predicted octanol–water partition coefficient (Wildman–Crippen LogP) is 2.37. The van der Waals surface area contributed by atoms with Gasteiger partial charge in [-0.05, 0) is 36.9 Å². The molecule has 0 radical (unpaired) electrons. The average Bonchev–Trinajstić information content (AvgIpc) is 2.57. The maximum Gasteiger partial charge on any atom is 0.404 e. The summed E-state index contributed by atoms with van der Waals surface area (Å²) in [6, 6.07) is 6.48. The van der Waals surface area contributed by atoms with E-state index >= 15 is 0 Å². The molecular formula is C14H19F3N2. The lowest BCUT2D eigenvalue weighted by Gasteiger charge is -2.31. The molecule has 106 valence electrons. The zero-order valence-corrected chi connectivity index (χ0v) is 10.8. The minimum absolute atomic E-state index is 0.0279. The van der Waals surface area contributed by atoms with Gasteiger partial charge in [-0.3, -0.25) is 4.90 Å². The summed E-state index contributed by atoms with van der Waals surface area (Å²) < 4.78 is 39.2. The Balaban J connectivity index is 2.11. The van der Waals surface area contributed by atoms with E-state index in [0.29, 0.717) is 25.9 Å². The first-order valence-electron chi connectivity index (χ1n) is 6.60. The van der Waals surface area contributed by atoms with Gasteiger partial charge in [-0.2, -0.15) is 13.2 Å². The van der Waals surface area contributed by atoms with Crippen molar-refractivity contribution >= 4 is 0 Å². The molecule has 1 heterocycles. The van der Waals surface area contributed by atoms with Crippen LogP contribution < -0.4 is 5.73 Å². The van der Waals surface area contributed by atoms with Gasteiger partial charge in [-0.1, -0.05) is 24.3 Å². The van der Waals surface area contributed by atoms with Crippen LogP contribution >= 0.6 is 0 Å². The molecule has 1 atom stereocenters. The topological polar surface area (TPSA) is 29.3 Å². The van der Waals surface area contributed by atoms with E-state index in [1.54, 1.807) is 0 Å². The highest BCUT2D eigenvalue weighted by atomic mass is 19.4. The zero-order valence-electron chi connectivity index (χ0n) is 10.8. The molecule has 19 heavy (non-hydrogen) atoms. The van der Waals surface area contributed by atoms with Gasteiger partial charge in [0.2, 0.25) is 0 Å². The Morgan fingerprint density at radius 3 is 2.05 bits per heavy atom. The van der Waals surface area contributed by atoms with Crippen LogP contribution in [0.25, 0.3) is 0 Å². The van der Waals surface area contributed by atoms with Gasteiger partial charge < -0.3 is 5.73 Å². The van der Waals surface area contributed by atoms with Crippen molar-refractivity contribution < 1.29 is 13.2 Å². The van der Waals surface area contributed by atoms with Crippen LogP contribution in [0, 0.1) is 0 Å². The fourth-order valence-corrected chi connectivity index (χ4v) is 2.71. The fourth-order valence-electron chi connectivity index (χ4n) is 2.71. The Hall–Kier alpha value is -1.07. The molecule has 0 aromatic heterocycles. The normalized spacial score (nSPS) is 18.7. The minimum Gasteiger partial charge on any atom is -0.330 e. The molecule has 1 aromatic carbocycles. The summed E-state index contributed by atoms with van der Waals surface area (Å²) in [5, 5.41) is 0. The highest BCUT2D eigenvalue weighted by Gasteiger charge is 2.42. The van der Waals surface area contributed by atoms with Crippen LogP contribution in [0.15, 0.2) is 24.3 Å². The highest BCUT2D eigenvalue weighted by Crippen LogP contribution is 2.29.